The van der Waals surface area contributed by atoms with E-state index in [2.05, 4.69) is 37.0 Å². The summed E-state index contributed by atoms with van der Waals surface area (Å²) < 4.78 is 3.63. The van der Waals surface area contributed by atoms with Crippen LogP contribution in [0.5, 0.6) is 0 Å². The Morgan fingerprint density at radius 3 is 2.58 bits per heavy atom. The largest absolute Gasteiger partial charge is 0.382 e. The van der Waals surface area contributed by atoms with Crippen LogP contribution >= 0.6 is 31.9 Å². The molecule has 0 fully saturated rings. The van der Waals surface area contributed by atoms with Crippen LogP contribution in [0.25, 0.3) is 0 Å². The Labute approximate surface area is 129 Å². The second-order valence-corrected chi connectivity index (χ2v) is 6.59. The minimum absolute atomic E-state index is 0.198. The van der Waals surface area contributed by atoms with Gasteiger partial charge >= 0.3 is 0 Å². The van der Waals surface area contributed by atoms with Crippen LogP contribution in [-0.2, 0) is 0 Å². The third kappa shape index (κ3) is 2.93. The first-order valence-corrected chi connectivity index (χ1v) is 7.67. The number of hydrogen-bond acceptors (Lipinski definition) is 2. The van der Waals surface area contributed by atoms with Crippen LogP contribution in [0.2, 0.25) is 0 Å². The van der Waals surface area contributed by atoms with Crippen molar-refractivity contribution in [2.24, 2.45) is 0 Å². The minimum Gasteiger partial charge on any atom is -0.382 e. The van der Waals surface area contributed by atoms with E-state index in [0.717, 1.165) is 25.8 Å². The summed E-state index contributed by atoms with van der Waals surface area (Å²) in [5, 5.41) is 15.0. The van der Waals surface area contributed by atoms with Gasteiger partial charge in [0.2, 0.25) is 0 Å². The van der Waals surface area contributed by atoms with Gasteiger partial charge in [-0.15, -0.1) is 0 Å². The molecule has 0 saturated heterocycles. The molecule has 3 nitrogen and oxygen atoms in total. The summed E-state index contributed by atoms with van der Waals surface area (Å²) in [6.07, 6.45) is 1.03. The van der Waals surface area contributed by atoms with Crippen LogP contribution in [0.3, 0.4) is 0 Å². The Kier molecular flexibility index (Phi) is 4.48. The highest BCUT2D eigenvalue weighted by atomic mass is 79.9. The Balaban J connectivity index is 2.52. The maximum atomic E-state index is 10.7. The Morgan fingerprint density at radius 1 is 1.26 bits per heavy atom. The van der Waals surface area contributed by atoms with Gasteiger partial charge in [-0.2, -0.15) is 5.10 Å². The summed E-state index contributed by atoms with van der Waals surface area (Å²) in [5.74, 6) is 0. The number of rotatable bonds is 3. The van der Waals surface area contributed by atoms with Crippen molar-refractivity contribution < 1.29 is 5.11 Å². The SMILES string of the molecule is Cc1ccc(Br)cc1C(O)c1c(Br)cnn1C(C)C. The quantitative estimate of drug-likeness (QED) is 0.848. The molecular formula is C14H16Br2N2O. The molecule has 1 unspecified atom stereocenters. The normalized spacial score (nSPS) is 13.0. The standard InChI is InChI=1S/C14H16Br2N2O/c1-8(2)18-13(12(16)7-17-18)14(19)11-6-10(15)5-4-9(11)3/h4-8,14,19H,1-3H3. The molecule has 1 aromatic heterocycles. The molecule has 2 rings (SSSR count). The molecule has 0 spiro atoms. The van der Waals surface area contributed by atoms with Crippen molar-refractivity contribution in [3.8, 4) is 0 Å². The van der Waals surface area contributed by atoms with Crippen molar-refractivity contribution in [1.29, 1.82) is 0 Å². The highest BCUT2D eigenvalue weighted by molar-refractivity contribution is 9.10. The number of aliphatic hydroxyl groups is 1. The van der Waals surface area contributed by atoms with Gasteiger partial charge in [-0.1, -0.05) is 22.0 Å². The van der Waals surface area contributed by atoms with Gasteiger partial charge in [-0.25, -0.2) is 0 Å². The molecular weight excluding hydrogens is 372 g/mol. The first-order chi connectivity index (χ1) is 8.91. The fourth-order valence-electron chi connectivity index (χ4n) is 2.07. The van der Waals surface area contributed by atoms with Crippen LogP contribution in [0.4, 0.5) is 0 Å². The molecule has 0 radical (unpaired) electrons. The van der Waals surface area contributed by atoms with Crippen molar-refractivity contribution >= 4 is 31.9 Å². The first kappa shape index (κ1) is 14.8. The summed E-state index contributed by atoms with van der Waals surface area (Å²) in [6.45, 7) is 6.09. The zero-order chi connectivity index (χ0) is 14.2. The van der Waals surface area contributed by atoms with Gasteiger partial charge in [0.05, 0.1) is 16.4 Å². The molecule has 2 aromatic rings. The minimum atomic E-state index is -0.697. The number of nitrogens with zero attached hydrogens (tertiary/aromatic N) is 2. The van der Waals surface area contributed by atoms with Crippen molar-refractivity contribution in [3.05, 3.63) is 50.2 Å². The zero-order valence-corrected chi connectivity index (χ0v) is 14.2. The lowest BCUT2D eigenvalue weighted by molar-refractivity contribution is 0.203. The van der Waals surface area contributed by atoms with E-state index in [1.54, 1.807) is 6.20 Å². The fraction of sp³-hybridized carbons (Fsp3) is 0.357. The van der Waals surface area contributed by atoms with E-state index in [1.807, 2.05) is 43.7 Å². The molecule has 1 aromatic carbocycles. The van der Waals surface area contributed by atoms with Crippen LogP contribution in [0.15, 0.2) is 33.3 Å². The number of halogens is 2. The zero-order valence-electron chi connectivity index (χ0n) is 11.1. The van der Waals surface area contributed by atoms with Crippen molar-refractivity contribution in [2.75, 3.05) is 0 Å². The third-order valence-corrected chi connectivity index (χ3v) is 4.18. The number of aryl methyl sites for hydroxylation is 1. The average molecular weight is 388 g/mol. The van der Waals surface area contributed by atoms with Crippen LogP contribution < -0.4 is 0 Å². The van der Waals surface area contributed by atoms with Gasteiger partial charge in [0.1, 0.15) is 6.10 Å². The number of aromatic nitrogens is 2. The van der Waals surface area contributed by atoms with Crippen LogP contribution in [0, 0.1) is 6.92 Å². The van der Waals surface area contributed by atoms with E-state index in [0.29, 0.717) is 0 Å². The van der Waals surface area contributed by atoms with Gasteiger partial charge in [-0.05, 0) is 60.0 Å². The summed E-state index contributed by atoms with van der Waals surface area (Å²) in [5.41, 5.74) is 2.73. The second kappa shape index (κ2) is 5.77. The smallest absolute Gasteiger partial charge is 0.122 e. The van der Waals surface area contributed by atoms with Crippen molar-refractivity contribution in [2.45, 2.75) is 32.9 Å². The summed E-state index contributed by atoms with van der Waals surface area (Å²) in [7, 11) is 0. The number of benzene rings is 1. The first-order valence-electron chi connectivity index (χ1n) is 6.08. The third-order valence-electron chi connectivity index (χ3n) is 3.07. The molecule has 1 N–H and O–H groups in total. The van der Waals surface area contributed by atoms with Gasteiger partial charge in [0.15, 0.2) is 0 Å². The topological polar surface area (TPSA) is 38.1 Å². The molecule has 1 atom stereocenters. The van der Waals surface area contributed by atoms with Crippen LogP contribution in [0.1, 0.15) is 42.8 Å². The molecule has 5 heteroatoms. The summed E-state index contributed by atoms with van der Waals surface area (Å²) in [4.78, 5) is 0. The van der Waals surface area contributed by atoms with E-state index < -0.39 is 6.10 Å². The lowest BCUT2D eigenvalue weighted by Gasteiger charge is -2.18. The summed E-state index contributed by atoms with van der Waals surface area (Å²) in [6, 6.07) is 6.11. The molecule has 0 aliphatic rings. The van der Waals surface area contributed by atoms with Crippen molar-refractivity contribution in [1.82, 2.24) is 9.78 Å². The highest BCUT2D eigenvalue weighted by Gasteiger charge is 2.22. The molecule has 0 saturated carbocycles. The molecule has 0 amide bonds. The highest BCUT2D eigenvalue weighted by Crippen LogP contribution is 2.33. The number of aliphatic hydroxyl groups excluding tert-OH is 1. The molecule has 0 aliphatic carbocycles. The van der Waals surface area contributed by atoms with Crippen LogP contribution in [-0.4, -0.2) is 14.9 Å². The molecule has 102 valence electrons. The maximum absolute atomic E-state index is 10.7. The van der Waals surface area contributed by atoms with Gasteiger partial charge in [0.25, 0.3) is 0 Å². The van der Waals surface area contributed by atoms with E-state index >= 15 is 0 Å². The Bertz CT molecular complexity index is 593. The lowest BCUT2D eigenvalue weighted by atomic mass is 10.0. The van der Waals surface area contributed by atoms with E-state index in [4.69, 9.17) is 0 Å². The van der Waals surface area contributed by atoms with Gasteiger partial charge in [-0.3, -0.25) is 4.68 Å². The Hall–Kier alpha value is -0.650. The summed E-state index contributed by atoms with van der Waals surface area (Å²) >= 11 is 6.92. The molecule has 0 aliphatic heterocycles. The predicted octanol–water partition coefficient (Wildman–Crippen LogP) is 4.38. The van der Waals surface area contributed by atoms with E-state index in [-0.39, 0.29) is 6.04 Å². The van der Waals surface area contributed by atoms with E-state index in [9.17, 15) is 5.11 Å². The molecule has 0 bridgehead atoms. The predicted molar refractivity (Wildman–Crippen MR) is 83.3 cm³/mol. The van der Waals surface area contributed by atoms with Crippen molar-refractivity contribution in [3.63, 3.8) is 0 Å². The van der Waals surface area contributed by atoms with Gasteiger partial charge < -0.3 is 5.11 Å². The Morgan fingerprint density at radius 2 is 1.95 bits per heavy atom. The average Bonchev–Trinajstić information content (AvgIpc) is 2.73. The lowest BCUT2D eigenvalue weighted by Crippen LogP contribution is -2.13. The van der Waals surface area contributed by atoms with Gasteiger partial charge in [0, 0.05) is 10.5 Å². The second-order valence-electron chi connectivity index (χ2n) is 4.82. The monoisotopic (exact) mass is 386 g/mol. The molecule has 1 heterocycles. The van der Waals surface area contributed by atoms with E-state index in [1.165, 1.54) is 0 Å². The maximum Gasteiger partial charge on any atom is 0.122 e. The molecule has 19 heavy (non-hydrogen) atoms. The fourth-order valence-corrected chi connectivity index (χ4v) is 2.94. The number of hydrogen-bond donors (Lipinski definition) is 1.